The van der Waals surface area contributed by atoms with Crippen molar-refractivity contribution in [2.24, 2.45) is 0 Å². The van der Waals surface area contributed by atoms with E-state index in [1.807, 2.05) is 6.92 Å². The first kappa shape index (κ1) is 17.0. The highest BCUT2D eigenvalue weighted by Gasteiger charge is 2.46. The molecule has 8 heteroatoms. The van der Waals surface area contributed by atoms with Gasteiger partial charge in [-0.1, -0.05) is 0 Å². The topological polar surface area (TPSA) is 95.9 Å². The molecule has 2 aliphatic heterocycles. The average molecular weight is 322 g/mol. The van der Waals surface area contributed by atoms with Gasteiger partial charge in [-0.2, -0.15) is 5.10 Å². The second-order valence-electron chi connectivity index (χ2n) is 6.01. The van der Waals surface area contributed by atoms with Crippen molar-refractivity contribution >= 4 is 18.4 Å². The standard InChI is InChI=1S/C14H20N4O2.CH2O2/c1-10-7-15-16-12(11(10)2)18-6-4-5-14(9-18)8-17(3)13(19)20-14;2-1-3/h7H,4-6,8-9H2,1-3H3;1H,(H,2,3). The first-order valence-electron chi connectivity index (χ1n) is 7.48. The number of aromatic nitrogens is 2. The molecule has 1 atom stereocenters. The third kappa shape index (κ3) is 3.52. The number of hydrogen-bond donors (Lipinski definition) is 1. The molecule has 0 saturated carbocycles. The van der Waals surface area contributed by atoms with E-state index in [4.69, 9.17) is 14.6 Å². The maximum atomic E-state index is 11.7. The van der Waals surface area contributed by atoms with Crippen molar-refractivity contribution in [3.8, 4) is 0 Å². The number of likely N-dealkylation sites (N-methyl/N-ethyl adjacent to an activating group) is 1. The molecule has 23 heavy (non-hydrogen) atoms. The van der Waals surface area contributed by atoms with Gasteiger partial charge in [0.15, 0.2) is 5.82 Å². The van der Waals surface area contributed by atoms with Crippen molar-refractivity contribution in [2.45, 2.75) is 32.3 Å². The van der Waals surface area contributed by atoms with Gasteiger partial charge in [0.1, 0.15) is 5.60 Å². The van der Waals surface area contributed by atoms with E-state index in [0.29, 0.717) is 13.1 Å². The quantitative estimate of drug-likeness (QED) is 0.776. The summed E-state index contributed by atoms with van der Waals surface area (Å²) in [5.41, 5.74) is 1.90. The Morgan fingerprint density at radius 1 is 1.39 bits per heavy atom. The summed E-state index contributed by atoms with van der Waals surface area (Å²) < 4.78 is 5.62. The van der Waals surface area contributed by atoms with Gasteiger partial charge in [0.2, 0.25) is 0 Å². The van der Waals surface area contributed by atoms with Crippen LogP contribution in [0.15, 0.2) is 6.20 Å². The zero-order valence-corrected chi connectivity index (χ0v) is 13.7. The monoisotopic (exact) mass is 322 g/mol. The summed E-state index contributed by atoms with van der Waals surface area (Å²) in [4.78, 5) is 23.9. The Bertz CT molecular complexity index is 595. The summed E-state index contributed by atoms with van der Waals surface area (Å²) in [7, 11) is 1.79. The number of ether oxygens (including phenoxy) is 1. The van der Waals surface area contributed by atoms with Crippen LogP contribution in [0.1, 0.15) is 24.0 Å². The van der Waals surface area contributed by atoms with E-state index in [1.54, 1.807) is 18.1 Å². The van der Waals surface area contributed by atoms with Crippen LogP contribution in [0.4, 0.5) is 10.6 Å². The lowest BCUT2D eigenvalue weighted by atomic mass is 9.92. The number of amides is 1. The Kier molecular flexibility index (Phi) is 5.02. The van der Waals surface area contributed by atoms with E-state index >= 15 is 0 Å². The second kappa shape index (κ2) is 6.80. The zero-order valence-electron chi connectivity index (χ0n) is 13.7. The van der Waals surface area contributed by atoms with Gasteiger partial charge in [-0.25, -0.2) is 4.79 Å². The Hall–Kier alpha value is -2.38. The Morgan fingerprint density at radius 3 is 2.70 bits per heavy atom. The minimum Gasteiger partial charge on any atom is -0.483 e. The SMILES string of the molecule is Cc1cnnc(N2CCCC3(CN(C)C(=O)O3)C2)c1C.O=CO. The number of carbonyl (C=O) groups is 2. The molecule has 1 aromatic heterocycles. The zero-order chi connectivity index (χ0) is 17.0. The van der Waals surface area contributed by atoms with Crippen LogP contribution in [0.2, 0.25) is 0 Å². The smallest absolute Gasteiger partial charge is 0.410 e. The van der Waals surface area contributed by atoms with Crippen molar-refractivity contribution in [1.82, 2.24) is 15.1 Å². The second-order valence-corrected chi connectivity index (χ2v) is 6.01. The van der Waals surface area contributed by atoms with Crippen LogP contribution in [-0.2, 0) is 9.53 Å². The maximum Gasteiger partial charge on any atom is 0.410 e. The Labute approximate surface area is 135 Å². The molecule has 1 N–H and O–H groups in total. The van der Waals surface area contributed by atoms with Crippen LogP contribution in [0.25, 0.3) is 0 Å². The van der Waals surface area contributed by atoms with Crippen LogP contribution in [0.5, 0.6) is 0 Å². The third-order valence-corrected chi connectivity index (χ3v) is 4.31. The molecule has 126 valence electrons. The van der Waals surface area contributed by atoms with Crippen LogP contribution >= 0.6 is 0 Å². The molecule has 0 radical (unpaired) electrons. The lowest BCUT2D eigenvalue weighted by Crippen LogP contribution is -2.51. The molecule has 0 bridgehead atoms. The van der Waals surface area contributed by atoms with Crippen molar-refractivity contribution < 1.29 is 19.4 Å². The predicted molar refractivity (Wildman–Crippen MR) is 83.5 cm³/mol. The summed E-state index contributed by atoms with van der Waals surface area (Å²) in [5.74, 6) is 0.912. The van der Waals surface area contributed by atoms with Crippen LogP contribution in [0.3, 0.4) is 0 Å². The molecule has 1 aromatic rings. The number of carboxylic acid groups (broad SMARTS) is 1. The van der Waals surface area contributed by atoms with Gasteiger partial charge >= 0.3 is 6.09 Å². The van der Waals surface area contributed by atoms with Gasteiger partial charge in [0.05, 0.1) is 19.3 Å². The highest BCUT2D eigenvalue weighted by atomic mass is 16.6. The number of piperidine rings is 1. The molecule has 1 spiro atoms. The number of rotatable bonds is 1. The van der Waals surface area contributed by atoms with Crippen LogP contribution in [0, 0.1) is 13.8 Å². The minimum absolute atomic E-state index is 0.223. The summed E-state index contributed by atoms with van der Waals surface area (Å²) >= 11 is 0. The molecular formula is C15H22N4O4. The molecule has 2 aliphatic rings. The van der Waals surface area contributed by atoms with Gasteiger partial charge < -0.3 is 19.6 Å². The third-order valence-electron chi connectivity index (χ3n) is 4.31. The Balaban J connectivity index is 0.000000595. The van der Waals surface area contributed by atoms with Gasteiger partial charge in [-0.05, 0) is 37.8 Å². The molecule has 1 amide bonds. The number of anilines is 1. The van der Waals surface area contributed by atoms with Crippen molar-refractivity contribution in [1.29, 1.82) is 0 Å². The van der Waals surface area contributed by atoms with Gasteiger partial charge in [0.25, 0.3) is 6.47 Å². The fourth-order valence-electron chi connectivity index (χ4n) is 3.10. The normalized spacial score (nSPS) is 23.3. The van der Waals surface area contributed by atoms with Gasteiger partial charge in [-0.15, -0.1) is 5.10 Å². The highest BCUT2D eigenvalue weighted by molar-refractivity contribution is 5.70. The van der Waals surface area contributed by atoms with Crippen LogP contribution < -0.4 is 4.90 Å². The van der Waals surface area contributed by atoms with E-state index in [2.05, 4.69) is 22.0 Å². The molecule has 2 saturated heterocycles. The summed E-state index contributed by atoms with van der Waals surface area (Å²) in [6, 6.07) is 0. The average Bonchev–Trinajstić information content (AvgIpc) is 2.76. The summed E-state index contributed by atoms with van der Waals surface area (Å²) in [6.07, 6.45) is 3.47. The highest BCUT2D eigenvalue weighted by Crippen LogP contribution is 2.33. The number of nitrogens with zero attached hydrogens (tertiary/aromatic N) is 4. The van der Waals surface area contributed by atoms with Crippen molar-refractivity contribution in [3.63, 3.8) is 0 Å². The first-order chi connectivity index (χ1) is 10.9. The number of carbonyl (C=O) groups excluding carboxylic acids is 1. The molecule has 3 rings (SSSR count). The maximum absolute atomic E-state index is 11.7. The molecule has 1 unspecified atom stereocenters. The minimum atomic E-state index is -0.387. The van der Waals surface area contributed by atoms with Gasteiger partial charge in [0, 0.05) is 13.6 Å². The van der Waals surface area contributed by atoms with E-state index in [0.717, 1.165) is 36.3 Å². The van der Waals surface area contributed by atoms with Crippen molar-refractivity contribution in [2.75, 3.05) is 31.6 Å². The van der Waals surface area contributed by atoms with Crippen molar-refractivity contribution in [3.05, 3.63) is 17.3 Å². The van der Waals surface area contributed by atoms with Gasteiger partial charge in [-0.3, -0.25) is 4.79 Å². The lowest BCUT2D eigenvalue weighted by molar-refractivity contribution is -0.122. The molecule has 8 nitrogen and oxygen atoms in total. The predicted octanol–water partition coefficient (Wildman–Crippen LogP) is 1.22. The largest absolute Gasteiger partial charge is 0.483 e. The van der Waals surface area contributed by atoms with E-state index in [9.17, 15) is 4.79 Å². The summed E-state index contributed by atoms with van der Waals surface area (Å²) in [6.45, 7) is 6.13. The van der Waals surface area contributed by atoms with Crippen LogP contribution in [-0.4, -0.2) is 65.1 Å². The Morgan fingerprint density at radius 2 is 2.09 bits per heavy atom. The lowest BCUT2D eigenvalue weighted by Gasteiger charge is -2.39. The molecule has 3 heterocycles. The fraction of sp³-hybridized carbons (Fsp3) is 0.600. The molecule has 0 aromatic carbocycles. The number of hydrogen-bond acceptors (Lipinski definition) is 6. The summed E-state index contributed by atoms with van der Waals surface area (Å²) in [5, 5.41) is 15.2. The number of aryl methyl sites for hydroxylation is 1. The first-order valence-corrected chi connectivity index (χ1v) is 7.48. The fourth-order valence-corrected chi connectivity index (χ4v) is 3.10. The van der Waals surface area contributed by atoms with E-state index < -0.39 is 0 Å². The van der Waals surface area contributed by atoms with E-state index in [-0.39, 0.29) is 18.2 Å². The molecular weight excluding hydrogens is 300 g/mol. The molecule has 2 fully saturated rings. The van der Waals surface area contributed by atoms with E-state index in [1.165, 1.54) is 0 Å². The molecule has 0 aliphatic carbocycles.